The standard InChI is InChI=1S/C24H30N4O3/c1-2-22(29)26-19-10-12-20(13-11-19)27-23(30)17-25-21-9-7-8-18(16-21)24(31)28-14-5-3-4-6-15-28/h7-13,16,25H,2-6,14-15,17H2,1H3,(H,26,29)(H,27,30). The summed E-state index contributed by atoms with van der Waals surface area (Å²) in [5.74, 6) is -0.211. The van der Waals surface area contributed by atoms with Crippen molar-refractivity contribution in [3.05, 3.63) is 54.1 Å². The van der Waals surface area contributed by atoms with Gasteiger partial charge in [-0.25, -0.2) is 0 Å². The van der Waals surface area contributed by atoms with Gasteiger partial charge in [0.15, 0.2) is 0 Å². The van der Waals surface area contributed by atoms with Gasteiger partial charge in [0.05, 0.1) is 6.54 Å². The molecule has 31 heavy (non-hydrogen) atoms. The van der Waals surface area contributed by atoms with Gasteiger partial charge in [-0.2, -0.15) is 0 Å². The molecule has 1 aliphatic rings. The molecule has 0 saturated carbocycles. The van der Waals surface area contributed by atoms with E-state index in [2.05, 4.69) is 16.0 Å². The molecule has 1 aliphatic heterocycles. The Morgan fingerprint density at radius 2 is 1.42 bits per heavy atom. The van der Waals surface area contributed by atoms with Crippen molar-refractivity contribution < 1.29 is 14.4 Å². The van der Waals surface area contributed by atoms with E-state index in [1.54, 1.807) is 37.3 Å². The highest BCUT2D eigenvalue weighted by molar-refractivity contribution is 5.96. The van der Waals surface area contributed by atoms with Gasteiger partial charge in [-0.1, -0.05) is 25.8 Å². The molecule has 0 spiro atoms. The fourth-order valence-corrected chi connectivity index (χ4v) is 3.49. The molecular formula is C24H30N4O3. The summed E-state index contributed by atoms with van der Waals surface area (Å²) in [4.78, 5) is 38.4. The monoisotopic (exact) mass is 422 g/mol. The van der Waals surface area contributed by atoms with Crippen LogP contribution in [0.1, 0.15) is 49.4 Å². The number of benzene rings is 2. The van der Waals surface area contributed by atoms with E-state index in [1.807, 2.05) is 23.1 Å². The van der Waals surface area contributed by atoms with Crippen LogP contribution in [0, 0.1) is 0 Å². The second kappa shape index (κ2) is 11.2. The molecule has 0 atom stereocenters. The average molecular weight is 423 g/mol. The predicted molar refractivity (Wildman–Crippen MR) is 123 cm³/mol. The van der Waals surface area contributed by atoms with Gasteiger partial charge in [0.1, 0.15) is 0 Å². The molecule has 0 aromatic heterocycles. The van der Waals surface area contributed by atoms with Crippen LogP contribution in [0.2, 0.25) is 0 Å². The first-order valence-corrected chi connectivity index (χ1v) is 10.9. The average Bonchev–Trinajstić information content (AvgIpc) is 3.08. The number of hydrogen-bond acceptors (Lipinski definition) is 4. The SMILES string of the molecule is CCC(=O)Nc1ccc(NC(=O)CNc2cccc(C(=O)N3CCCCCC3)c2)cc1. The third-order valence-electron chi connectivity index (χ3n) is 5.23. The van der Waals surface area contributed by atoms with Crippen molar-refractivity contribution in [2.45, 2.75) is 39.0 Å². The van der Waals surface area contributed by atoms with Gasteiger partial charge in [-0.05, 0) is 55.3 Å². The van der Waals surface area contributed by atoms with Gasteiger partial charge in [0.2, 0.25) is 11.8 Å². The smallest absolute Gasteiger partial charge is 0.253 e. The minimum Gasteiger partial charge on any atom is -0.376 e. The van der Waals surface area contributed by atoms with Gasteiger partial charge in [-0.3, -0.25) is 14.4 Å². The first kappa shape index (κ1) is 22.3. The topological polar surface area (TPSA) is 90.5 Å². The maximum Gasteiger partial charge on any atom is 0.253 e. The van der Waals surface area contributed by atoms with Gasteiger partial charge >= 0.3 is 0 Å². The molecule has 0 bridgehead atoms. The zero-order chi connectivity index (χ0) is 22.1. The number of nitrogens with one attached hydrogen (secondary N) is 3. The lowest BCUT2D eigenvalue weighted by atomic mass is 10.1. The van der Waals surface area contributed by atoms with E-state index in [1.165, 1.54) is 12.8 Å². The molecule has 7 heteroatoms. The third-order valence-corrected chi connectivity index (χ3v) is 5.23. The Labute approximate surface area is 183 Å². The van der Waals surface area contributed by atoms with Crippen molar-refractivity contribution in [3.8, 4) is 0 Å². The number of anilines is 3. The molecule has 3 rings (SSSR count). The molecule has 164 valence electrons. The Kier molecular flexibility index (Phi) is 8.04. The zero-order valence-electron chi connectivity index (χ0n) is 17.9. The van der Waals surface area contributed by atoms with Gasteiger partial charge in [0, 0.05) is 42.1 Å². The summed E-state index contributed by atoms with van der Waals surface area (Å²) in [5, 5.41) is 8.66. The van der Waals surface area contributed by atoms with Crippen LogP contribution in [0.5, 0.6) is 0 Å². The molecule has 1 fully saturated rings. The van der Waals surface area contributed by atoms with Crippen LogP contribution in [0.3, 0.4) is 0 Å². The van der Waals surface area contributed by atoms with E-state index in [-0.39, 0.29) is 24.3 Å². The summed E-state index contributed by atoms with van der Waals surface area (Å²) >= 11 is 0. The Hall–Kier alpha value is -3.35. The number of carbonyl (C=O) groups is 3. The van der Waals surface area contributed by atoms with Crippen molar-refractivity contribution in [3.63, 3.8) is 0 Å². The lowest BCUT2D eigenvalue weighted by Gasteiger charge is -2.20. The van der Waals surface area contributed by atoms with E-state index >= 15 is 0 Å². The Balaban J connectivity index is 1.51. The van der Waals surface area contributed by atoms with E-state index in [0.717, 1.165) is 31.6 Å². The van der Waals surface area contributed by atoms with Crippen LogP contribution in [-0.4, -0.2) is 42.3 Å². The fourth-order valence-electron chi connectivity index (χ4n) is 3.49. The number of likely N-dealkylation sites (tertiary alicyclic amines) is 1. The maximum atomic E-state index is 12.8. The lowest BCUT2D eigenvalue weighted by Crippen LogP contribution is -2.31. The van der Waals surface area contributed by atoms with Crippen LogP contribution in [0.25, 0.3) is 0 Å². The minimum absolute atomic E-state index is 0.0465. The summed E-state index contributed by atoms with van der Waals surface area (Å²) in [6.07, 6.45) is 4.87. The number of nitrogens with zero attached hydrogens (tertiary/aromatic N) is 1. The minimum atomic E-state index is -0.199. The zero-order valence-corrected chi connectivity index (χ0v) is 17.9. The number of carbonyl (C=O) groups excluding carboxylic acids is 3. The van der Waals surface area contributed by atoms with E-state index < -0.39 is 0 Å². The first-order chi connectivity index (χ1) is 15.0. The maximum absolute atomic E-state index is 12.8. The highest BCUT2D eigenvalue weighted by Gasteiger charge is 2.17. The largest absolute Gasteiger partial charge is 0.376 e. The van der Waals surface area contributed by atoms with E-state index in [0.29, 0.717) is 23.4 Å². The molecule has 0 unspecified atom stereocenters. The van der Waals surface area contributed by atoms with Gasteiger partial charge in [0.25, 0.3) is 5.91 Å². The van der Waals surface area contributed by atoms with Crippen LogP contribution in [-0.2, 0) is 9.59 Å². The van der Waals surface area contributed by atoms with Crippen molar-refractivity contribution in [2.75, 3.05) is 35.6 Å². The molecule has 1 heterocycles. The Morgan fingerprint density at radius 3 is 2.03 bits per heavy atom. The quantitative estimate of drug-likeness (QED) is 0.627. The molecule has 3 amide bonds. The van der Waals surface area contributed by atoms with Crippen molar-refractivity contribution >= 4 is 34.8 Å². The molecule has 3 N–H and O–H groups in total. The molecular weight excluding hydrogens is 392 g/mol. The highest BCUT2D eigenvalue weighted by atomic mass is 16.2. The number of rotatable bonds is 7. The molecule has 1 saturated heterocycles. The summed E-state index contributed by atoms with van der Waals surface area (Å²) in [7, 11) is 0. The lowest BCUT2D eigenvalue weighted by molar-refractivity contribution is -0.116. The van der Waals surface area contributed by atoms with Crippen molar-refractivity contribution in [1.82, 2.24) is 4.90 Å². The molecule has 2 aromatic rings. The van der Waals surface area contributed by atoms with Crippen LogP contribution in [0.15, 0.2) is 48.5 Å². The first-order valence-electron chi connectivity index (χ1n) is 10.9. The molecule has 7 nitrogen and oxygen atoms in total. The fraction of sp³-hybridized carbons (Fsp3) is 0.375. The molecule has 0 aliphatic carbocycles. The van der Waals surface area contributed by atoms with Crippen LogP contribution >= 0.6 is 0 Å². The number of hydrogen-bond donors (Lipinski definition) is 3. The normalized spacial score (nSPS) is 13.8. The van der Waals surface area contributed by atoms with E-state index in [4.69, 9.17) is 0 Å². The van der Waals surface area contributed by atoms with Gasteiger partial charge in [-0.15, -0.1) is 0 Å². The molecule has 0 radical (unpaired) electrons. The number of amides is 3. The third kappa shape index (κ3) is 6.84. The van der Waals surface area contributed by atoms with Crippen molar-refractivity contribution in [1.29, 1.82) is 0 Å². The summed E-state index contributed by atoms with van der Waals surface area (Å²) < 4.78 is 0. The summed E-state index contributed by atoms with van der Waals surface area (Å²) in [6.45, 7) is 3.48. The van der Waals surface area contributed by atoms with Crippen molar-refractivity contribution in [2.24, 2.45) is 0 Å². The second-order valence-electron chi connectivity index (χ2n) is 7.67. The van der Waals surface area contributed by atoms with Crippen LogP contribution in [0.4, 0.5) is 17.1 Å². The predicted octanol–water partition coefficient (Wildman–Crippen LogP) is 4.10. The Morgan fingerprint density at radius 1 is 0.806 bits per heavy atom. The van der Waals surface area contributed by atoms with Crippen LogP contribution < -0.4 is 16.0 Å². The highest BCUT2D eigenvalue weighted by Crippen LogP contribution is 2.17. The van der Waals surface area contributed by atoms with Gasteiger partial charge < -0.3 is 20.9 Å². The summed E-state index contributed by atoms with van der Waals surface area (Å²) in [6, 6.07) is 14.3. The Bertz CT molecular complexity index is 903. The molecule has 2 aromatic carbocycles. The van der Waals surface area contributed by atoms with E-state index in [9.17, 15) is 14.4 Å². The second-order valence-corrected chi connectivity index (χ2v) is 7.67. The summed E-state index contributed by atoms with van der Waals surface area (Å²) in [5.41, 5.74) is 2.70.